The Morgan fingerprint density at radius 2 is 2.00 bits per heavy atom. The van der Waals surface area contributed by atoms with E-state index in [4.69, 9.17) is 4.42 Å². The molecule has 2 amide bonds. The van der Waals surface area contributed by atoms with E-state index in [2.05, 4.69) is 15.2 Å². The Balaban J connectivity index is 1.53. The van der Waals surface area contributed by atoms with Crippen molar-refractivity contribution in [1.29, 1.82) is 0 Å². The van der Waals surface area contributed by atoms with E-state index in [1.54, 1.807) is 5.32 Å². The zero-order valence-corrected chi connectivity index (χ0v) is 14.2. The van der Waals surface area contributed by atoms with Gasteiger partial charge in [0.05, 0.1) is 11.9 Å². The van der Waals surface area contributed by atoms with Gasteiger partial charge in [0.25, 0.3) is 5.91 Å². The Labute approximate surface area is 151 Å². The van der Waals surface area contributed by atoms with Crippen molar-refractivity contribution in [2.45, 2.75) is 25.1 Å². The number of furan rings is 1. The second kappa shape index (κ2) is 6.52. The number of aromatic nitrogens is 1. The Morgan fingerprint density at radius 3 is 2.63 bits per heavy atom. The number of rotatable bonds is 3. The smallest absolute Gasteiger partial charge is 0.460 e. The Kier molecular flexibility index (Phi) is 4.29. The van der Waals surface area contributed by atoms with Crippen molar-refractivity contribution in [3.05, 3.63) is 24.2 Å². The van der Waals surface area contributed by atoms with Crippen molar-refractivity contribution in [2.24, 2.45) is 5.92 Å². The van der Waals surface area contributed by atoms with Crippen LogP contribution in [-0.4, -0.2) is 53.6 Å². The van der Waals surface area contributed by atoms with Crippen LogP contribution in [0.5, 0.6) is 0 Å². The van der Waals surface area contributed by atoms with Gasteiger partial charge in [-0.3, -0.25) is 9.59 Å². The molecule has 0 radical (unpaired) electrons. The molecule has 2 aromatic heterocycles. The Hall–Kier alpha value is -2.62. The number of alkyl halides is 3. The fourth-order valence-corrected chi connectivity index (χ4v) is 3.72. The standard InChI is InChI=1S/C17H17F3N4O3/c18-17(19,20)16(26)23-13-8-27-14-6-21-11(5-10(13)14)15(25)22-12-7-24-3-1-9(12)2-4-24/h5-6,8-9,12H,1-4,7H2,(H,22,25)(H,23,26). The normalized spacial score (nSPS) is 24.8. The molecular weight excluding hydrogens is 365 g/mol. The number of amides is 2. The van der Waals surface area contributed by atoms with E-state index in [9.17, 15) is 22.8 Å². The van der Waals surface area contributed by atoms with Crippen molar-refractivity contribution >= 4 is 28.5 Å². The maximum Gasteiger partial charge on any atom is 0.471 e. The molecule has 144 valence electrons. The molecule has 0 spiro atoms. The third kappa shape index (κ3) is 3.48. The lowest BCUT2D eigenvalue weighted by molar-refractivity contribution is -0.167. The summed E-state index contributed by atoms with van der Waals surface area (Å²) in [7, 11) is 0. The average molecular weight is 382 g/mol. The Morgan fingerprint density at radius 1 is 1.26 bits per heavy atom. The molecule has 1 atom stereocenters. The molecule has 0 aromatic carbocycles. The van der Waals surface area contributed by atoms with Gasteiger partial charge in [-0.15, -0.1) is 0 Å². The zero-order valence-electron chi connectivity index (χ0n) is 14.2. The van der Waals surface area contributed by atoms with E-state index in [1.165, 1.54) is 12.3 Å². The summed E-state index contributed by atoms with van der Waals surface area (Å²) in [5, 5.41) is 4.90. The number of carbonyl (C=O) groups excluding carboxylic acids is 2. The first-order valence-electron chi connectivity index (χ1n) is 8.60. The number of anilines is 1. The first kappa shape index (κ1) is 17.8. The molecule has 5 rings (SSSR count). The number of pyridine rings is 1. The zero-order chi connectivity index (χ0) is 19.2. The molecule has 0 aliphatic carbocycles. The molecule has 7 nitrogen and oxygen atoms in total. The third-order valence-electron chi connectivity index (χ3n) is 5.17. The average Bonchev–Trinajstić information content (AvgIpc) is 3.04. The van der Waals surface area contributed by atoms with Crippen molar-refractivity contribution in [2.75, 3.05) is 25.0 Å². The second-order valence-corrected chi connectivity index (χ2v) is 6.88. The van der Waals surface area contributed by atoms with E-state index in [-0.39, 0.29) is 28.4 Å². The van der Waals surface area contributed by atoms with Gasteiger partial charge in [0.1, 0.15) is 12.0 Å². The molecule has 2 N–H and O–H groups in total. The maximum absolute atomic E-state index is 12.6. The predicted molar refractivity (Wildman–Crippen MR) is 89.1 cm³/mol. The number of nitrogens with one attached hydrogen (secondary N) is 2. The lowest BCUT2D eigenvalue weighted by Gasteiger charge is -2.44. The summed E-state index contributed by atoms with van der Waals surface area (Å²) in [6.45, 7) is 2.87. The fraction of sp³-hybridized carbons (Fsp3) is 0.471. The van der Waals surface area contributed by atoms with Gasteiger partial charge < -0.3 is 20.0 Å². The van der Waals surface area contributed by atoms with Gasteiger partial charge in [0.15, 0.2) is 5.58 Å². The lowest BCUT2D eigenvalue weighted by Crippen LogP contribution is -2.57. The van der Waals surface area contributed by atoms with Crippen LogP contribution in [0.3, 0.4) is 0 Å². The molecule has 3 aliphatic rings. The molecule has 2 bridgehead atoms. The number of fused-ring (bicyclic) bond motifs is 4. The van der Waals surface area contributed by atoms with Crippen molar-refractivity contribution < 1.29 is 27.2 Å². The van der Waals surface area contributed by atoms with E-state index in [0.717, 1.165) is 38.7 Å². The minimum atomic E-state index is -5.02. The van der Waals surface area contributed by atoms with Crippen LogP contribution in [-0.2, 0) is 4.79 Å². The number of hydrogen-bond acceptors (Lipinski definition) is 5. The molecule has 0 saturated carbocycles. The van der Waals surface area contributed by atoms with Gasteiger partial charge in [-0.05, 0) is 37.9 Å². The van der Waals surface area contributed by atoms with Crippen LogP contribution < -0.4 is 10.6 Å². The van der Waals surface area contributed by atoms with Gasteiger partial charge >= 0.3 is 12.1 Å². The molecular formula is C17H17F3N4O3. The summed E-state index contributed by atoms with van der Waals surface area (Å²) < 4.78 is 42.5. The van der Waals surface area contributed by atoms with E-state index < -0.39 is 18.0 Å². The van der Waals surface area contributed by atoms with E-state index in [1.807, 2.05) is 0 Å². The van der Waals surface area contributed by atoms with Crippen molar-refractivity contribution in [3.8, 4) is 0 Å². The minimum absolute atomic E-state index is 0.0336. The highest BCUT2D eigenvalue weighted by molar-refractivity contribution is 6.04. The summed E-state index contributed by atoms with van der Waals surface area (Å²) in [6.07, 6.45) is -0.707. The molecule has 10 heteroatoms. The van der Waals surface area contributed by atoms with Crippen LogP contribution in [0.1, 0.15) is 23.3 Å². The summed E-state index contributed by atoms with van der Waals surface area (Å²) in [5.74, 6) is -2.08. The summed E-state index contributed by atoms with van der Waals surface area (Å²) in [5.41, 5.74) is 0.0707. The topological polar surface area (TPSA) is 87.5 Å². The monoisotopic (exact) mass is 382 g/mol. The van der Waals surface area contributed by atoms with Crippen molar-refractivity contribution in [1.82, 2.24) is 15.2 Å². The maximum atomic E-state index is 12.6. The van der Waals surface area contributed by atoms with Crippen LogP contribution in [0.4, 0.5) is 18.9 Å². The predicted octanol–water partition coefficient (Wildman–Crippen LogP) is 2.15. The van der Waals surface area contributed by atoms with Crippen LogP contribution in [0, 0.1) is 5.92 Å². The van der Waals surface area contributed by atoms with E-state index >= 15 is 0 Å². The van der Waals surface area contributed by atoms with Gasteiger partial charge in [0.2, 0.25) is 0 Å². The van der Waals surface area contributed by atoms with Gasteiger partial charge in [-0.25, -0.2) is 4.98 Å². The molecule has 1 unspecified atom stereocenters. The SMILES string of the molecule is O=C(NC1CN2CCC1CC2)c1cc2c(NC(=O)C(F)(F)F)coc2cn1. The van der Waals surface area contributed by atoms with E-state index in [0.29, 0.717) is 5.92 Å². The number of nitrogens with zero attached hydrogens (tertiary/aromatic N) is 2. The number of piperidine rings is 3. The molecule has 3 fully saturated rings. The first-order valence-corrected chi connectivity index (χ1v) is 8.60. The molecule has 27 heavy (non-hydrogen) atoms. The highest BCUT2D eigenvalue weighted by Gasteiger charge is 2.39. The molecule has 2 aromatic rings. The molecule has 5 heterocycles. The van der Waals surface area contributed by atoms with Gasteiger partial charge in [-0.2, -0.15) is 13.2 Å². The van der Waals surface area contributed by atoms with Gasteiger partial charge in [0, 0.05) is 18.0 Å². The quantitative estimate of drug-likeness (QED) is 0.850. The first-order chi connectivity index (χ1) is 12.8. The van der Waals surface area contributed by atoms with Crippen LogP contribution in [0.15, 0.2) is 22.9 Å². The highest BCUT2D eigenvalue weighted by Crippen LogP contribution is 2.29. The third-order valence-corrected chi connectivity index (χ3v) is 5.17. The summed E-state index contributed by atoms with van der Waals surface area (Å²) in [6, 6.07) is 1.35. The summed E-state index contributed by atoms with van der Waals surface area (Å²) >= 11 is 0. The second-order valence-electron chi connectivity index (χ2n) is 6.88. The lowest BCUT2D eigenvalue weighted by atomic mass is 9.84. The molecule has 3 saturated heterocycles. The fourth-order valence-electron chi connectivity index (χ4n) is 3.72. The number of halogens is 3. The largest absolute Gasteiger partial charge is 0.471 e. The number of carbonyl (C=O) groups is 2. The van der Waals surface area contributed by atoms with Crippen LogP contribution in [0.2, 0.25) is 0 Å². The summed E-state index contributed by atoms with van der Waals surface area (Å²) in [4.78, 5) is 30.0. The van der Waals surface area contributed by atoms with Crippen molar-refractivity contribution in [3.63, 3.8) is 0 Å². The minimum Gasteiger partial charge on any atom is -0.460 e. The van der Waals surface area contributed by atoms with Gasteiger partial charge in [-0.1, -0.05) is 0 Å². The molecule has 3 aliphatic heterocycles. The highest BCUT2D eigenvalue weighted by atomic mass is 19.4. The van der Waals surface area contributed by atoms with Crippen LogP contribution in [0.25, 0.3) is 11.0 Å². The Bertz CT molecular complexity index is 887. The number of hydrogen-bond donors (Lipinski definition) is 2. The van der Waals surface area contributed by atoms with Crippen LogP contribution >= 0.6 is 0 Å².